The molecule has 1 fully saturated rings. The zero-order chi connectivity index (χ0) is 25.1. The summed E-state index contributed by atoms with van der Waals surface area (Å²) in [5.41, 5.74) is 4.39. The molecular formula is C30H32Cl2N2O2. The van der Waals surface area contributed by atoms with E-state index in [1.54, 1.807) is 0 Å². The molecule has 0 radical (unpaired) electrons. The minimum Gasteiger partial charge on any atom is -0.365 e. The lowest BCUT2D eigenvalue weighted by Crippen LogP contribution is -2.43. The summed E-state index contributed by atoms with van der Waals surface area (Å²) in [6.45, 7) is 4.29. The first-order chi connectivity index (χ1) is 17.4. The Balaban J connectivity index is 1.25. The highest BCUT2D eigenvalue weighted by Gasteiger charge is 2.42. The number of amides is 1. The Morgan fingerprint density at radius 1 is 1.00 bits per heavy atom. The quantitative estimate of drug-likeness (QED) is 0.343. The van der Waals surface area contributed by atoms with Crippen molar-refractivity contribution in [3.63, 3.8) is 0 Å². The number of likely N-dealkylation sites (N-methyl/N-ethyl adjacent to an activating group) is 1. The zero-order valence-electron chi connectivity index (χ0n) is 20.6. The third kappa shape index (κ3) is 5.33. The molecule has 1 saturated heterocycles. The molecule has 188 valence electrons. The van der Waals surface area contributed by atoms with Crippen molar-refractivity contribution in [1.82, 2.24) is 9.80 Å². The molecule has 2 heterocycles. The fraction of sp³-hybridized carbons (Fsp3) is 0.367. The van der Waals surface area contributed by atoms with Crippen LogP contribution in [0.1, 0.15) is 52.2 Å². The van der Waals surface area contributed by atoms with Crippen LogP contribution < -0.4 is 0 Å². The lowest BCUT2D eigenvalue weighted by Gasteiger charge is -2.40. The van der Waals surface area contributed by atoms with E-state index < -0.39 is 0 Å². The molecule has 5 rings (SSSR count). The van der Waals surface area contributed by atoms with Gasteiger partial charge < -0.3 is 14.5 Å². The van der Waals surface area contributed by atoms with Crippen molar-refractivity contribution in [2.24, 2.45) is 0 Å². The second-order valence-corrected chi connectivity index (χ2v) is 10.8. The number of hydrogen-bond donors (Lipinski definition) is 0. The van der Waals surface area contributed by atoms with E-state index in [0.29, 0.717) is 22.2 Å². The summed E-state index contributed by atoms with van der Waals surface area (Å²) in [6, 6.07) is 23.9. The summed E-state index contributed by atoms with van der Waals surface area (Å²) < 4.78 is 6.34. The van der Waals surface area contributed by atoms with Crippen molar-refractivity contribution >= 4 is 29.1 Å². The molecule has 0 N–H and O–H groups in total. The summed E-state index contributed by atoms with van der Waals surface area (Å²) in [7, 11) is 1.87. The maximum atomic E-state index is 13.0. The van der Waals surface area contributed by atoms with Gasteiger partial charge in [-0.25, -0.2) is 0 Å². The number of rotatable bonds is 7. The third-order valence-electron chi connectivity index (χ3n) is 7.75. The van der Waals surface area contributed by atoms with Crippen LogP contribution >= 0.6 is 23.2 Å². The molecule has 0 unspecified atom stereocenters. The van der Waals surface area contributed by atoms with Crippen molar-refractivity contribution in [3.8, 4) is 0 Å². The summed E-state index contributed by atoms with van der Waals surface area (Å²) in [4.78, 5) is 17.4. The van der Waals surface area contributed by atoms with E-state index >= 15 is 0 Å². The highest BCUT2D eigenvalue weighted by Crippen LogP contribution is 2.44. The van der Waals surface area contributed by atoms with Crippen molar-refractivity contribution in [1.29, 1.82) is 0 Å². The average Bonchev–Trinajstić information content (AvgIpc) is 3.27. The number of carbonyl (C=O) groups excluding carboxylic acids is 1. The van der Waals surface area contributed by atoms with Crippen LogP contribution in [0, 0.1) is 0 Å². The predicted molar refractivity (Wildman–Crippen MR) is 146 cm³/mol. The number of fused-ring (bicyclic) bond motifs is 2. The molecule has 6 heteroatoms. The second-order valence-electron chi connectivity index (χ2n) is 9.99. The van der Waals surface area contributed by atoms with E-state index in [1.807, 2.05) is 60.5 Å². The molecule has 1 amide bonds. The fourth-order valence-electron chi connectivity index (χ4n) is 5.62. The molecule has 1 atom stereocenters. The SMILES string of the molecule is CN(C[C@H](CCN1CCC2(CC1)OCc1ccccc12)c1ccc(Cl)c(Cl)c1)C(=O)c1ccccc1. The van der Waals surface area contributed by atoms with E-state index in [0.717, 1.165) is 51.1 Å². The van der Waals surface area contributed by atoms with Gasteiger partial charge in [0.2, 0.25) is 0 Å². The van der Waals surface area contributed by atoms with E-state index in [9.17, 15) is 4.79 Å². The zero-order valence-corrected chi connectivity index (χ0v) is 22.1. The van der Waals surface area contributed by atoms with Crippen LogP contribution in [0.15, 0.2) is 72.8 Å². The fourth-order valence-corrected chi connectivity index (χ4v) is 5.93. The van der Waals surface area contributed by atoms with Gasteiger partial charge >= 0.3 is 0 Å². The number of likely N-dealkylation sites (tertiary alicyclic amines) is 1. The van der Waals surface area contributed by atoms with E-state index in [1.165, 1.54) is 11.1 Å². The van der Waals surface area contributed by atoms with Gasteiger partial charge in [-0.2, -0.15) is 0 Å². The van der Waals surface area contributed by atoms with E-state index in [-0.39, 0.29) is 17.4 Å². The minimum atomic E-state index is -0.126. The first-order valence-electron chi connectivity index (χ1n) is 12.7. The highest BCUT2D eigenvalue weighted by atomic mass is 35.5. The predicted octanol–water partition coefficient (Wildman–Crippen LogP) is 6.76. The van der Waals surface area contributed by atoms with Gasteiger partial charge in [0, 0.05) is 38.2 Å². The third-order valence-corrected chi connectivity index (χ3v) is 8.49. The first-order valence-corrected chi connectivity index (χ1v) is 13.4. The van der Waals surface area contributed by atoms with Gasteiger partial charge in [-0.05, 0) is 66.8 Å². The number of ether oxygens (including phenoxy) is 1. The lowest BCUT2D eigenvalue weighted by molar-refractivity contribution is -0.0790. The van der Waals surface area contributed by atoms with E-state index in [4.69, 9.17) is 27.9 Å². The standard InChI is InChI=1S/C30H32Cl2N2O2/c1-33(29(35)22-7-3-2-4-8-22)20-24(23-11-12-27(31)28(32)19-23)13-16-34-17-14-30(15-18-34)26-10-6-5-9-25(26)21-36-30/h2-12,19,24H,13-18,20-21H2,1H3/t24-/m0/s1. The second kappa shape index (κ2) is 10.9. The number of hydrogen-bond acceptors (Lipinski definition) is 3. The van der Waals surface area contributed by atoms with Gasteiger partial charge in [0.25, 0.3) is 5.91 Å². The smallest absolute Gasteiger partial charge is 0.253 e. The molecule has 3 aromatic rings. The van der Waals surface area contributed by atoms with Crippen LogP contribution in [0.2, 0.25) is 10.0 Å². The lowest BCUT2D eigenvalue weighted by atomic mass is 9.83. The number of halogens is 2. The van der Waals surface area contributed by atoms with Crippen molar-refractivity contribution in [3.05, 3.63) is 105 Å². The highest BCUT2D eigenvalue weighted by molar-refractivity contribution is 6.42. The summed E-state index contributed by atoms with van der Waals surface area (Å²) >= 11 is 12.6. The largest absolute Gasteiger partial charge is 0.365 e. The Hall–Kier alpha value is -2.37. The van der Waals surface area contributed by atoms with Crippen molar-refractivity contribution in [2.45, 2.75) is 37.4 Å². The topological polar surface area (TPSA) is 32.8 Å². The van der Waals surface area contributed by atoms with Gasteiger partial charge in [0.05, 0.1) is 22.3 Å². The Kier molecular flexibility index (Phi) is 7.68. The molecule has 0 aromatic heterocycles. The Morgan fingerprint density at radius 2 is 1.72 bits per heavy atom. The maximum absolute atomic E-state index is 13.0. The molecule has 0 saturated carbocycles. The summed E-state index contributed by atoms with van der Waals surface area (Å²) in [6.07, 6.45) is 2.94. The van der Waals surface area contributed by atoms with Gasteiger partial charge in [0.1, 0.15) is 0 Å². The Bertz CT molecular complexity index is 1210. The van der Waals surface area contributed by atoms with Gasteiger partial charge in [-0.1, -0.05) is 71.7 Å². The molecule has 1 spiro atoms. The maximum Gasteiger partial charge on any atom is 0.253 e. The van der Waals surface area contributed by atoms with Crippen molar-refractivity contribution < 1.29 is 9.53 Å². The van der Waals surface area contributed by atoms with Crippen LogP contribution in [0.25, 0.3) is 0 Å². The number of nitrogens with zero attached hydrogens (tertiary/aromatic N) is 2. The summed E-state index contributed by atoms with van der Waals surface area (Å²) in [5, 5.41) is 1.10. The van der Waals surface area contributed by atoms with Crippen LogP contribution in [0.4, 0.5) is 0 Å². The minimum absolute atomic E-state index is 0.0256. The van der Waals surface area contributed by atoms with Gasteiger partial charge in [-0.15, -0.1) is 0 Å². The Labute approximate surface area is 223 Å². The molecule has 2 aliphatic heterocycles. The monoisotopic (exact) mass is 522 g/mol. The molecule has 0 bridgehead atoms. The molecule has 2 aliphatic rings. The molecule has 0 aliphatic carbocycles. The van der Waals surface area contributed by atoms with Crippen LogP contribution in [-0.4, -0.2) is 48.9 Å². The van der Waals surface area contributed by atoms with Crippen molar-refractivity contribution in [2.75, 3.05) is 33.2 Å². The van der Waals surface area contributed by atoms with Crippen LogP contribution in [0.5, 0.6) is 0 Å². The molecular weight excluding hydrogens is 491 g/mol. The van der Waals surface area contributed by atoms with Crippen LogP contribution in [0.3, 0.4) is 0 Å². The number of piperidine rings is 1. The van der Waals surface area contributed by atoms with Crippen LogP contribution in [-0.2, 0) is 16.9 Å². The first kappa shape index (κ1) is 25.3. The summed E-state index contributed by atoms with van der Waals surface area (Å²) in [5.74, 6) is 0.175. The molecule has 36 heavy (non-hydrogen) atoms. The number of carbonyl (C=O) groups is 1. The normalized spacial score (nSPS) is 17.6. The van der Waals surface area contributed by atoms with Gasteiger partial charge in [-0.3, -0.25) is 4.79 Å². The Morgan fingerprint density at radius 3 is 2.47 bits per heavy atom. The molecule has 3 aromatic carbocycles. The average molecular weight is 524 g/mol. The molecule has 4 nitrogen and oxygen atoms in total. The number of benzene rings is 3. The van der Waals surface area contributed by atoms with Gasteiger partial charge in [0.15, 0.2) is 0 Å². The van der Waals surface area contributed by atoms with E-state index in [2.05, 4.69) is 29.2 Å².